The van der Waals surface area contributed by atoms with Gasteiger partial charge in [0.15, 0.2) is 10.8 Å². The maximum absolute atomic E-state index is 13.6. The fourth-order valence-electron chi connectivity index (χ4n) is 4.17. The number of methoxy groups -OCH3 is 1. The molecular formula is C25H24N4O2S. The lowest BCUT2D eigenvalue weighted by Gasteiger charge is -2.25. The molecule has 2 aromatic heterocycles. The zero-order chi connectivity index (χ0) is 21.9. The van der Waals surface area contributed by atoms with Gasteiger partial charge in [0.1, 0.15) is 5.52 Å². The molecule has 1 amide bonds. The van der Waals surface area contributed by atoms with Gasteiger partial charge in [-0.05, 0) is 48.2 Å². The first-order valence-electron chi connectivity index (χ1n) is 10.7. The lowest BCUT2D eigenvalue weighted by molar-refractivity contribution is -0.115. The van der Waals surface area contributed by atoms with E-state index in [1.165, 1.54) is 22.9 Å². The number of hydrogen-bond acceptors (Lipinski definition) is 5. The number of carbonyl (C=O) groups excluding carboxylic acids is 1. The van der Waals surface area contributed by atoms with E-state index < -0.39 is 0 Å². The number of amides is 1. The maximum atomic E-state index is 13.6. The molecular weight excluding hydrogens is 420 g/mol. The number of aryl methyl sites for hydroxylation is 2. The number of hydrogen-bond donors (Lipinski definition) is 0. The molecule has 2 aromatic carbocycles. The molecule has 0 aliphatic carbocycles. The number of rotatable bonds is 6. The van der Waals surface area contributed by atoms with Gasteiger partial charge in [0, 0.05) is 13.3 Å². The van der Waals surface area contributed by atoms with Crippen LogP contribution in [0, 0.1) is 0 Å². The molecule has 6 nitrogen and oxygen atoms in total. The highest BCUT2D eigenvalue weighted by Gasteiger charge is 2.26. The van der Waals surface area contributed by atoms with Crippen molar-refractivity contribution in [2.24, 2.45) is 0 Å². The molecule has 0 N–H and O–H groups in total. The molecule has 1 aliphatic rings. The summed E-state index contributed by atoms with van der Waals surface area (Å²) < 4.78 is 7.30. The third-order valence-electron chi connectivity index (χ3n) is 5.69. The number of carbonyl (C=O) groups is 1. The summed E-state index contributed by atoms with van der Waals surface area (Å²) in [6.07, 6.45) is 3.60. The van der Waals surface area contributed by atoms with Crippen LogP contribution in [-0.2, 0) is 28.9 Å². The van der Waals surface area contributed by atoms with Gasteiger partial charge >= 0.3 is 0 Å². The Morgan fingerprint density at radius 3 is 2.38 bits per heavy atom. The summed E-state index contributed by atoms with van der Waals surface area (Å²) in [5.41, 5.74) is 5.96. The number of pyridine rings is 1. The molecule has 3 heterocycles. The van der Waals surface area contributed by atoms with E-state index in [2.05, 4.69) is 17.1 Å². The van der Waals surface area contributed by atoms with Gasteiger partial charge in [0.05, 0.1) is 30.3 Å². The molecule has 0 fully saturated rings. The predicted molar refractivity (Wildman–Crippen MR) is 128 cm³/mol. The van der Waals surface area contributed by atoms with E-state index in [9.17, 15) is 4.79 Å². The van der Waals surface area contributed by atoms with Crippen LogP contribution < -0.4 is 4.90 Å². The van der Waals surface area contributed by atoms with Crippen LogP contribution >= 0.6 is 11.8 Å². The normalized spacial score (nSPS) is 13.0. The van der Waals surface area contributed by atoms with E-state index in [0.29, 0.717) is 13.2 Å². The van der Waals surface area contributed by atoms with Gasteiger partial charge in [-0.2, -0.15) is 0 Å². The van der Waals surface area contributed by atoms with Crippen molar-refractivity contribution in [2.75, 3.05) is 24.4 Å². The summed E-state index contributed by atoms with van der Waals surface area (Å²) in [6.45, 7) is 1.19. The lowest BCUT2D eigenvalue weighted by atomic mass is 10.0. The highest BCUT2D eigenvalue weighted by molar-refractivity contribution is 7.99. The summed E-state index contributed by atoms with van der Waals surface area (Å²) in [7, 11) is 1.68. The van der Waals surface area contributed by atoms with Crippen molar-refractivity contribution >= 4 is 40.2 Å². The van der Waals surface area contributed by atoms with Crippen molar-refractivity contribution < 1.29 is 9.53 Å². The second-order valence-corrected chi connectivity index (χ2v) is 8.60. The zero-order valence-electron chi connectivity index (χ0n) is 17.9. The second kappa shape index (κ2) is 9.14. The number of nitrogens with zero attached hydrogens (tertiary/aromatic N) is 4. The Kier molecular flexibility index (Phi) is 5.92. The Balaban J connectivity index is 1.46. The summed E-state index contributed by atoms with van der Waals surface area (Å²) in [5.74, 6) is 0.314. The molecule has 0 unspecified atom stereocenters. The SMILES string of the molecule is COCCn1c(SCC(=O)N2c3ccccc3CCc3ccccc32)nc2cccnc21. The summed E-state index contributed by atoms with van der Waals surface area (Å²) >= 11 is 1.45. The van der Waals surface area contributed by atoms with Gasteiger partial charge in [-0.1, -0.05) is 48.2 Å². The van der Waals surface area contributed by atoms with Gasteiger partial charge in [0.25, 0.3) is 0 Å². The number of fused-ring (bicyclic) bond motifs is 3. The molecule has 0 bridgehead atoms. The lowest BCUT2D eigenvalue weighted by Crippen LogP contribution is -2.28. The summed E-state index contributed by atoms with van der Waals surface area (Å²) in [5, 5.41) is 0.778. The number of anilines is 2. The van der Waals surface area contributed by atoms with Crippen LogP contribution in [0.15, 0.2) is 72.0 Å². The van der Waals surface area contributed by atoms with Crippen LogP contribution in [0.1, 0.15) is 11.1 Å². The van der Waals surface area contributed by atoms with E-state index in [1.54, 1.807) is 13.3 Å². The van der Waals surface area contributed by atoms with Gasteiger partial charge in [-0.15, -0.1) is 0 Å². The number of thioether (sulfide) groups is 1. The number of ether oxygens (including phenoxy) is 1. The summed E-state index contributed by atoms with van der Waals surface area (Å²) in [4.78, 5) is 24.7. The predicted octanol–water partition coefficient (Wildman–Crippen LogP) is 4.63. The highest BCUT2D eigenvalue weighted by atomic mass is 32.2. The van der Waals surface area contributed by atoms with Crippen molar-refractivity contribution in [3.8, 4) is 0 Å². The van der Waals surface area contributed by atoms with E-state index in [1.807, 2.05) is 58.0 Å². The quantitative estimate of drug-likeness (QED) is 0.406. The van der Waals surface area contributed by atoms with E-state index in [-0.39, 0.29) is 11.7 Å². The van der Waals surface area contributed by atoms with E-state index in [4.69, 9.17) is 9.72 Å². The van der Waals surface area contributed by atoms with Crippen LogP contribution in [-0.4, -0.2) is 39.9 Å². The van der Waals surface area contributed by atoms with Gasteiger partial charge in [-0.25, -0.2) is 9.97 Å². The Morgan fingerprint density at radius 2 is 1.69 bits per heavy atom. The van der Waals surface area contributed by atoms with Crippen LogP contribution in [0.25, 0.3) is 11.2 Å². The van der Waals surface area contributed by atoms with Crippen molar-refractivity contribution in [3.63, 3.8) is 0 Å². The topological polar surface area (TPSA) is 60.2 Å². The molecule has 7 heteroatoms. The highest BCUT2D eigenvalue weighted by Crippen LogP contribution is 2.36. The largest absolute Gasteiger partial charge is 0.383 e. The average molecular weight is 445 g/mol. The standard InChI is InChI=1S/C25H24N4O2S/c1-31-16-15-28-24-20(9-6-14-26-24)27-25(28)32-17-23(30)29-21-10-4-2-7-18(21)12-13-19-8-3-5-11-22(19)29/h2-11,14H,12-13,15-17H2,1H3. The van der Waals surface area contributed by atoms with Crippen LogP contribution in [0.3, 0.4) is 0 Å². The Labute approximate surface area is 191 Å². The fourth-order valence-corrected chi connectivity index (χ4v) is 5.05. The third-order valence-corrected chi connectivity index (χ3v) is 6.65. The molecule has 0 atom stereocenters. The molecule has 4 aromatic rings. The fraction of sp³-hybridized carbons (Fsp3) is 0.240. The van der Waals surface area contributed by atoms with Crippen LogP contribution in [0.4, 0.5) is 11.4 Å². The number of benzene rings is 2. The molecule has 0 saturated carbocycles. The van der Waals surface area contributed by atoms with Crippen molar-refractivity contribution in [3.05, 3.63) is 78.0 Å². The molecule has 0 spiro atoms. The Hall–Kier alpha value is -3.16. The van der Waals surface area contributed by atoms with E-state index in [0.717, 1.165) is 40.5 Å². The molecule has 32 heavy (non-hydrogen) atoms. The Bertz CT molecular complexity index is 1220. The number of aromatic nitrogens is 3. The van der Waals surface area contributed by atoms with Gasteiger partial charge in [-0.3, -0.25) is 9.69 Å². The number of para-hydroxylation sites is 2. The first-order valence-corrected chi connectivity index (χ1v) is 11.7. The van der Waals surface area contributed by atoms with Crippen molar-refractivity contribution in [1.29, 1.82) is 0 Å². The molecule has 1 aliphatic heterocycles. The molecule has 0 saturated heterocycles. The maximum Gasteiger partial charge on any atom is 0.242 e. The number of imidazole rings is 1. The molecule has 5 rings (SSSR count). The van der Waals surface area contributed by atoms with Crippen molar-refractivity contribution in [2.45, 2.75) is 24.5 Å². The monoisotopic (exact) mass is 444 g/mol. The second-order valence-electron chi connectivity index (χ2n) is 7.66. The minimum absolute atomic E-state index is 0.0371. The van der Waals surface area contributed by atoms with Gasteiger partial charge < -0.3 is 9.30 Å². The van der Waals surface area contributed by atoms with Crippen molar-refractivity contribution in [1.82, 2.24) is 14.5 Å². The third kappa shape index (κ3) is 3.89. The molecule has 0 radical (unpaired) electrons. The average Bonchev–Trinajstić information content (AvgIpc) is 3.09. The summed E-state index contributed by atoms with van der Waals surface area (Å²) in [6, 6.07) is 20.2. The minimum Gasteiger partial charge on any atom is -0.383 e. The zero-order valence-corrected chi connectivity index (χ0v) is 18.7. The van der Waals surface area contributed by atoms with E-state index >= 15 is 0 Å². The van der Waals surface area contributed by atoms with Crippen LogP contribution in [0.2, 0.25) is 0 Å². The molecule has 162 valence electrons. The first kappa shape index (κ1) is 20.7. The minimum atomic E-state index is 0.0371. The smallest absolute Gasteiger partial charge is 0.242 e. The van der Waals surface area contributed by atoms with Crippen LogP contribution in [0.5, 0.6) is 0 Å². The first-order chi connectivity index (χ1) is 15.8. The Morgan fingerprint density at radius 1 is 1.00 bits per heavy atom. The van der Waals surface area contributed by atoms with Gasteiger partial charge in [0.2, 0.25) is 5.91 Å².